The lowest BCUT2D eigenvalue weighted by molar-refractivity contribution is 0.0443. The maximum absolute atomic E-state index is 11.6. The van der Waals surface area contributed by atoms with Crippen LogP contribution in [0.4, 0.5) is 0 Å². The van der Waals surface area contributed by atoms with Crippen molar-refractivity contribution in [2.24, 2.45) is 5.92 Å². The zero-order chi connectivity index (χ0) is 12.6. The molecule has 1 heterocycles. The predicted octanol–water partition coefficient (Wildman–Crippen LogP) is 2.18. The minimum absolute atomic E-state index is 0.246. The highest BCUT2D eigenvalue weighted by Crippen LogP contribution is 2.27. The highest BCUT2D eigenvalue weighted by molar-refractivity contribution is 6.16. The lowest BCUT2D eigenvalue weighted by Gasteiger charge is -2.09. The van der Waals surface area contributed by atoms with Gasteiger partial charge in [0.2, 0.25) is 0 Å². The van der Waals surface area contributed by atoms with Gasteiger partial charge in [-0.25, -0.2) is 9.59 Å². The van der Waals surface area contributed by atoms with Crippen LogP contribution in [0.1, 0.15) is 45.7 Å². The SMILES string of the molecule is C#Cc1c(CC(C)C)ccc2c1C(=O)OC2=O. The molecular weight excluding hydrogens is 216 g/mol. The maximum Gasteiger partial charge on any atom is 0.348 e. The highest BCUT2D eigenvalue weighted by atomic mass is 16.6. The summed E-state index contributed by atoms with van der Waals surface area (Å²) in [6, 6.07) is 3.41. The Morgan fingerprint density at radius 1 is 1.29 bits per heavy atom. The number of benzene rings is 1. The van der Waals surface area contributed by atoms with Crippen molar-refractivity contribution in [3.63, 3.8) is 0 Å². The van der Waals surface area contributed by atoms with Crippen molar-refractivity contribution in [3.05, 3.63) is 34.4 Å². The van der Waals surface area contributed by atoms with Crippen molar-refractivity contribution in [1.82, 2.24) is 0 Å². The van der Waals surface area contributed by atoms with Gasteiger partial charge in [0, 0.05) is 5.56 Å². The molecule has 0 aromatic heterocycles. The standard InChI is InChI=1S/C14H12O3/c1-4-10-9(7-8(2)3)5-6-11-12(10)14(16)17-13(11)15/h1,5-6,8H,7H2,2-3H3. The summed E-state index contributed by atoms with van der Waals surface area (Å²) < 4.78 is 4.56. The van der Waals surface area contributed by atoms with Crippen molar-refractivity contribution in [2.45, 2.75) is 20.3 Å². The topological polar surface area (TPSA) is 43.4 Å². The van der Waals surface area contributed by atoms with Crippen molar-refractivity contribution in [1.29, 1.82) is 0 Å². The number of rotatable bonds is 2. The van der Waals surface area contributed by atoms with Crippen LogP contribution in [0.15, 0.2) is 12.1 Å². The van der Waals surface area contributed by atoms with E-state index in [4.69, 9.17) is 6.42 Å². The quantitative estimate of drug-likeness (QED) is 0.442. The van der Waals surface area contributed by atoms with E-state index < -0.39 is 11.9 Å². The lowest BCUT2D eigenvalue weighted by atomic mass is 9.92. The molecular formula is C14H12O3. The second-order valence-corrected chi connectivity index (χ2v) is 4.44. The number of fused-ring (bicyclic) bond motifs is 1. The van der Waals surface area contributed by atoms with E-state index in [-0.39, 0.29) is 11.1 Å². The van der Waals surface area contributed by atoms with Gasteiger partial charge in [-0.15, -0.1) is 6.42 Å². The van der Waals surface area contributed by atoms with E-state index in [0.29, 0.717) is 11.5 Å². The molecule has 0 N–H and O–H groups in total. The summed E-state index contributed by atoms with van der Waals surface area (Å²) >= 11 is 0. The van der Waals surface area contributed by atoms with E-state index in [1.807, 2.05) is 0 Å². The number of esters is 2. The molecule has 1 aromatic carbocycles. The lowest BCUT2D eigenvalue weighted by Crippen LogP contribution is -2.04. The van der Waals surface area contributed by atoms with Crippen LogP contribution in [0.2, 0.25) is 0 Å². The Hall–Kier alpha value is -2.08. The van der Waals surface area contributed by atoms with Gasteiger partial charge in [0.1, 0.15) is 0 Å². The first kappa shape index (κ1) is 11.4. The Morgan fingerprint density at radius 2 is 2.00 bits per heavy atom. The Kier molecular flexibility index (Phi) is 2.72. The molecule has 0 radical (unpaired) electrons. The molecule has 86 valence electrons. The normalized spacial score (nSPS) is 13.5. The summed E-state index contributed by atoms with van der Waals surface area (Å²) in [6.07, 6.45) is 6.21. The fourth-order valence-electron chi connectivity index (χ4n) is 1.99. The van der Waals surface area contributed by atoms with Gasteiger partial charge in [-0.05, 0) is 24.0 Å². The molecule has 0 saturated carbocycles. The molecule has 0 bridgehead atoms. The summed E-state index contributed by atoms with van der Waals surface area (Å²) in [4.78, 5) is 22.9. The van der Waals surface area contributed by atoms with E-state index in [1.165, 1.54) is 0 Å². The van der Waals surface area contributed by atoms with Crippen molar-refractivity contribution in [2.75, 3.05) is 0 Å². The number of carbonyl (C=O) groups excluding carboxylic acids is 2. The van der Waals surface area contributed by atoms with Crippen LogP contribution in [-0.2, 0) is 11.2 Å². The van der Waals surface area contributed by atoms with E-state index in [1.54, 1.807) is 12.1 Å². The molecule has 3 heteroatoms. The summed E-state index contributed by atoms with van der Waals surface area (Å²) in [5.41, 5.74) is 1.92. The first-order valence-corrected chi connectivity index (χ1v) is 5.43. The monoisotopic (exact) mass is 228 g/mol. The van der Waals surface area contributed by atoms with E-state index in [9.17, 15) is 9.59 Å². The largest absolute Gasteiger partial charge is 0.386 e. The van der Waals surface area contributed by atoms with Crippen molar-refractivity contribution >= 4 is 11.9 Å². The van der Waals surface area contributed by atoms with Gasteiger partial charge in [0.25, 0.3) is 0 Å². The molecule has 0 aliphatic carbocycles. The Balaban J connectivity index is 2.62. The van der Waals surface area contributed by atoms with Crippen molar-refractivity contribution < 1.29 is 14.3 Å². The molecule has 17 heavy (non-hydrogen) atoms. The van der Waals surface area contributed by atoms with Crippen LogP contribution in [-0.4, -0.2) is 11.9 Å². The first-order chi connectivity index (χ1) is 8.04. The Morgan fingerprint density at radius 3 is 2.59 bits per heavy atom. The molecule has 1 aliphatic heterocycles. The summed E-state index contributed by atoms with van der Waals surface area (Å²) in [5.74, 6) is 1.67. The van der Waals surface area contributed by atoms with Gasteiger partial charge in [-0.3, -0.25) is 0 Å². The molecule has 1 aromatic rings. The fourth-order valence-corrected chi connectivity index (χ4v) is 1.99. The predicted molar refractivity (Wildman–Crippen MR) is 62.7 cm³/mol. The van der Waals surface area contributed by atoms with Crippen LogP contribution in [0, 0.1) is 18.3 Å². The molecule has 0 saturated heterocycles. The van der Waals surface area contributed by atoms with E-state index >= 15 is 0 Å². The van der Waals surface area contributed by atoms with Crippen LogP contribution in [0.25, 0.3) is 0 Å². The van der Waals surface area contributed by atoms with E-state index in [2.05, 4.69) is 24.5 Å². The van der Waals surface area contributed by atoms with Crippen LogP contribution in [0.3, 0.4) is 0 Å². The molecule has 0 spiro atoms. The molecule has 0 atom stereocenters. The molecule has 1 aliphatic rings. The van der Waals surface area contributed by atoms with Crippen LogP contribution >= 0.6 is 0 Å². The van der Waals surface area contributed by atoms with Gasteiger partial charge in [0.05, 0.1) is 11.1 Å². The second-order valence-electron chi connectivity index (χ2n) is 4.44. The number of hydrogen-bond acceptors (Lipinski definition) is 3. The van der Waals surface area contributed by atoms with Crippen LogP contribution < -0.4 is 0 Å². The van der Waals surface area contributed by atoms with Gasteiger partial charge < -0.3 is 4.74 Å². The van der Waals surface area contributed by atoms with Crippen LogP contribution in [0.5, 0.6) is 0 Å². The summed E-state index contributed by atoms with van der Waals surface area (Å²) in [7, 11) is 0. The molecule has 2 rings (SSSR count). The fraction of sp³-hybridized carbons (Fsp3) is 0.286. The molecule has 3 nitrogen and oxygen atoms in total. The average molecular weight is 228 g/mol. The Bertz CT molecular complexity index is 547. The Labute approximate surface area is 99.8 Å². The zero-order valence-corrected chi connectivity index (χ0v) is 9.74. The number of terminal acetylenes is 1. The minimum atomic E-state index is -0.636. The third kappa shape index (κ3) is 1.83. The number of ether oxygens (including phenoxy) is 1. The second kappa shape index (κ2) is 4.06. The third-order valence-electron chi connectivity index (χ3n) is 2.67. The average Bonchev–Trinajstić information content (AvgIpc) is 2.54. The number of cyclic esters (lactones) is 2. The minimum Gasteiger partial charge on any atom is -0.386 e. The van der Waals surface area contributed by atoms with Gasteiger partial charge in [0.15, 0.2) is 0 Å². The van der Waals surface area contributed by atoms with Gasteiger partial charge in [-0.1, -0.05) is 25.8 Å². The first-order valence-electron chi connectivity index (χ1n) is 5.43. The molecule has 0 unspecified atom stereocenters. The zero-order valence-electron chi connectivity index (χ0n) is 9.74. The number of hydrogen-bond donors (Lipinski definition) is 0. The third-order valence-corrected chi connectivity index (χ3v) is 2.67. The summed E-state index contributed by atoms with van der Waals surface area (Å²) in [5, 5.41) is 0. The van der Waals surface area contributed by atoms with E-state index in [0.717, 1.165) is 12.0 Å². The maximum atomic E-state index is 11.6. The number of carbonyl (C=O) groups is 2. The molecule has 0 amide bonds. The molecule has 0 fully saturated rings. The highest BCUT2D eigenvalue weighted by Gasteiger charge is 2.32. The van der Waals surface area contributed by atoms with Gasteiger partial charge >= 0.3 is 11.9 Å². The van der Waals surface area contributed by atoms with Gasteiger partial charge in [-0.2, -0.15) is 0 Å². The van der Waals surface area contributed by atoms with Crippen molar-refractivity contribution in [3.8, 4) is 12.3 Å². The smallest absolute Gasteiger partial charge is 0.348 e. The summed E-state index contributed by atoms with van der Waals surface area (Å²) in [6.45, 7) is 4.13.